The summed E-state index contributed by atoms with van der Waals surface area (Å²) in [7, 11) is 0. The molecular weight excluding hydrogens is 383 g/mol. The summed E-state index contributed by atoms with van der Waals surface area (Å²) in [6.07, 6.45) is 12.9. The summed E-state index contributed by atoms with van der Waals surface area (Å²) in [5.74, 6) is 0. The molecule has 3 heteroatoms. The zero-order chi connectivity index (χ0) is 15.6. The van der Waals surface area contributed by atoms with Crippen molar-refractivity contribution in [1.82, 2.24) is 0 Å². The van der Waals surface area contributed by atoms with Crippen molar-refractivity contribution in [2.45, 2.75) is 17.6 Å². The van der Waals surface area contributed by atoms with E-state index in [0.717, 1.165) is 6.42 Å². The molecule has 1 atom stereocenters. The normalized spacial score (nSPS) is 17.2. The Morgan fingerprint density at radius 2 is 1.68 bits per heavy atom. The summed E-state index contributed by atoms with van der Waals surface area (Å²) >= 11 is -1.61. The maximum Gasteiger partial charge on any atom is -1.00 e. The molecule has 0 aliphatic heterocycles. The first-order chi connectivity index (χ1) is 11.3. The Morgan fingerprint density at radius 1 is 0.960 bits per heavy atom. The molecule has 2 aromatic rings. The van der Waals surface area contributed by atoms with Gasteiger partial charge in [0.25, 0.3) is 0 Å². The SMILES string of the molecule is C/[C](c1ccccc1)=[Ti+2](/[C]1=CC=CC1)[CH]1C=Cc2ccccc21.[Cl-].[Cl-]. The smallest absolute Gasteiger partial charge is 1.00 e. The monoisotopic (exact) mass is 402 g/mol. The Balaban J connectivity index is 0.00000113. The molecule has 1 unspecified atom stereocenters. The van der Waals surface area contributed by atoms with Crippen molar-refractivity contribution >= 4 is 9.89 Å². The summed E-state index contributed by atoms with van der Waals surface area (Å²) in [5.41, 5.74) is 4.37. The number of hydrogen-bond donors (Lipinski definition) is 0. The van der Waals surface area contributed by atoms with Gasteiger partial charge in [0.2, 0.25) is 0 Å². The minimum Gasteiger partial charge on any atom is -1.00 e. The Bertz CT molecular complexity index is 861. The van der Waals surface area contributed by atoms with Gasteiger partial charge in [0, 0.05) is 0 Å². The van der Waals surface area contributed by atoms with E-state index in [4.69, 9.17) is 0 Å². The molecule has 2 aromatic carbocycles. The summed E-state index contributed by atoms with van der Waals surface area (Å²) in [4.78, 5) is 0. The van der Waals surface area contributed by atoms with Crippen molar-refractivity contribution in [2.75, 3.05) is 0 Å². The molecule has 0 fully saturated rings. The molecule has 126 valence electrons. The predicted molar refractivity (Wildman–Crippen MR) is 96.3 cm³/mol. The van der Waals surface area contributed by atoms with Gasteiger partial charge < -0.3 is 24.8 Å². The van der Waals surface area contributed by atoms with E-state index < -0.39 is 17.4 Å². The van der Waals surface area contributed by atoms with Crippen LogP contribution < -0.4 is 24.8 Å². The van der Waals surface area contributed by atoms with Crippen LogP contribution in [0, 0.1) is 0 Å². The maximum absolute atomic E-state index is 2.46. The van der Waals surface area contributed by atoms with Crippen molar-refractivity contribution < 1.29 is 42.2 Å². The molecule has 0 spiro atoms. The Kier molecular flexibility index (Phi) is 7.22. The van der Waals surface area contributed by atoms with E-state index in [0.29, 0.717) is 4.22 Å². The van der Waals surface area contributed by atoms with Crippen molar-refractivity contribution in [1.29, 1.82) is 0 Å². The summed E-state index contributed by atoms with van der Waals surface area (Å²) in [5, 5.41) is 0. The van der Waals surface area contributed by atoms with E-state index >= 15 is 0 Å². The van der Waals surface area contributed by atoms with E-state index in [1.165, 1.54) is 16.7 Å². The van der Waals surface area contributed by atoms with Gasteiger partial charge >= 0.3 is 144 Å². The van der Waals surface area contributed by atoms with Crippen LogP contribution in [0.4, 0.5) is 0 Å². The van der Waals surface area contributed by atoms with Crippen LogP contribution in [0.15, 0.2) is 82.8 Å². The molecule has 0 N–H and O–H groups in total. The third-order valence-corrected chi connectivity index (χ3v) is 9.97. The third kappa shape index (κ3) is 3.99. The molecule has 0 bridgehead atoms. The number of hydrogen-bond acceptors (Lipinski definition) is 0. The van der Waals surface area contributed by atoms with Gasteiger partial charge in [0.05, 0.1) is 0 Å². The summed E-state index contributed by atoms with van der Waals surface area (Å²) in [6, 6.07) is 19.9. The molecule has 2 aliphatic rings. The van der Waals surface area contributed by atoms with Gasteiger partial charge in [-0.05, 0) is 0 Å². The summed E-state index contributed by atoms with van der Waals surface area (Å²) < 4.78 is 3.93. The molecule has 2 aliphatic carbocycles. The van der Waals surface area contributed by atoms with Crippen molar-refractivity contribution in [3.05, 3.63) is 99.5 Å². The van der Waals surface area contributed by atoms with Crippen molar-refractivity contribution in [3.8, 4) is 0 Å². The molecule has 25 heavy (non-hydrogen) atoms. The van der Waals surface area contributed by atoms with Gasteiger partial charge in [-0.25, -0.2) is 0 Å². The Labute approximate surface area is 168 Å². The average Bonchev–Trinajstić information content (AvgIpc) is 3.27. The van der Waals surface area contributed by atoms with Crippen LogP contribution in [0.1, 0.15) is 34.3 Å². The molecule has 0 saturated carbocycles. The average molecular weight is 403 g/mol. The number of allylic oxidation sites excluding steroid dienone is 5. The van der Waals surface area contributed by atoms with Crippen LogP contribution in [-0.2, 0) is 17.4 Å². The number of halogens is 2. The summed E-state index contributed by atoms with van der Waals surface area (Å²) in [6.45, 7) is 2.37. The zero-order valence-electron chi connectivity index (χ0n) is 14.1. The Hall–Kier alpha value is -1.18. The number of rotatable bonds is 3. The van der Waals surface area contributed by atoms with E-state index in [-0.39, 0.29) is 24.8 Å². The maximum atomic E-state index is 2.46. The largest absolute Gasteiger partial charge is 1.00 e. The van der Waals surface area contributed by atoms with Gasteiger partial charge in [-0.2, -0.15) is 0 Å². The first-order valence-corrected chi connectivity index (χ1v) is 10.7. The molecule has 0 radical (unpaired) electrons. The fourth-order valence-electron chi connectivity index (χ4n) is 3.67. The van der Waals surface area contributed by atoms with Crippen LogP contribution >= 0.6 is 0 Å². The topological polar surface area (TPSA) is 0 Å². The number of fused-ring (bicyclic) bond motifs is 1. The molecule has 0 heterocycles. The molecule has 0 amide bonds. The standard InChI is InChI=1S/C9H7.C8H8.C5H5.2ClH.Ti/c1-2-5-9-7-3-6-8(9)4-1;1-2-8-6-4-3-5-7-8;1-2-4-5-3-1;;;/h1-7H;3-7H,1H3;1-3H,4H2;2*1H;/q;;;;;+2/p-2. The number of benzene rings is 2. The van der Waals surface area contributed by atoms with Crippen molar-refractivity contribution in [3.63, 3.8) is 0 Å². The zero-order valence-corrected chi connectivity index (χ0v) is 17.2. The molecule has 4 rings (SSSR count). The van der Waals surface area contributed by atoms with Gasteiger partial charge in [-0.15, -0.1) is 0 Å². The third-order valence-electron chi connectivity index (χ3n) is 4.84. The predicted octanol–water partition coefficient (Wildman–Crippen LogP) is -0.535. The van der Waals surface area contributed by atoms with Gasteiger partial charge in [-0.1, -0.05) is 0 Å². The van der Waals surface area contributed by atoms with Gasteiger partial charge in [0.15, 0.2) is 0 Å². The second-order valence-electron chi connectivity index (χ2n) is 6.19. The molecule has 0 saturated heterocycles. The molecule has 0 aromatic heterocycles. The van der Waals surface area contributed by atoms with Crippen LogP contribution in [0.2, 0.25) is 0 Å². The van der Waals surface area contributed by atoms with E-state index in [1.54, 1.807) is 7.69 Å². The van der Waals surface area contributed by atoms with Gasteiger partial charge in [-0.3, -0.25) is 0 Å². The van der Waals surface area contributed by atoms with Crippen molar-refractivity contribution in [2.24, 2.45) is 0 Å². The van der Waals surface area contributed by atoms with Crippen LogP contribution in [-0.4, -0.2) is 3.81 Å². The first kappa shape index (κ1) is 20.1. The fraction of sp³-hybridized carbons (Fsp3) is 0.136. The van der Waals surface area contributed by atoms with Crippen LogP contribution in [0.3, 0.4) is 0 Å². The van der Waals surface area contributed by atoms with E-state index in [2.05, 4.69) is 91.9 Å². The van der Waals surface area contributed by atoms with E-state index in [9.17, 15) is 0 Å². The second-order valence-corrected chi connectivity index (χ2v) is 10.6. The quantitative estimate of drug-likeness (QED) is 0.605. The Morgan fingerprint density at radius 3 is 2.40 bits per heavy atom. The fourth-order valence-corrected chi connectivity index (χ4v) is 8.82. The minimum absolute atomic E-state index is 0. The minimum atomic E-state index is -1.61. The molecular formula is C22H20Cl2Ti. The van der Waals surface area contributed by atoms with E-state index in [1.807, 2.05) is 0 Å². The van der Waals surface area contributed by atoms with Crippen LogP contribution in [0.25, 0.3) is 6.08 Å². The van der Waals surface area contributed by atoms with Gasteiger partial charge in [0.1, 0.15) is 0 Å². The second kappa shape index (κ2) is 8.96. The van der Waals surface area contributed by atoms with Crippen LogP contribution in [0.5, 0.6) is 0 Å². The molecule has 0 nitrogen and oxygen atoms in total. The first-order valence-electron chi connectivity index (χ1n) is 8.24.